The zero-order chi connectivity index (χ0) is 12.8. The Balaban J connectivity index is 1.73. The average molecular weight is 280 g/mol. The topological polar surface area (TPSA) is 20.2 Å². The van der Waals surface area contributed by atoms with Crippen LogP contribution < -0.4 is 0 Å². The molecule has 0 unspecified atom stereocenters. The first-order valence-corrected chi connectivity index (χ1v) is 7.51. The number of halogens is 1. The lowest BCUT2D eigenvalue weighted by molar-refractivity contribution is 0.475. The van der Waals surface area contributed by atoms with Crippen LogP contribution in [0.4, 0.5) is 4.39 Å². The van der Waals surface area contributed by atoms with Gasteiger partial charge < -0.3 is 5.11 Å². The zero-order valence-corrected chi connectivity index (χ0v) is 11.3. The second kappa shape index (κ2) is 6.71. The van der Waals surface area contributed by atoms with Gasteiger partial charge in [0.1, 0.15) is 11.6 Å². The van der Waals surface area contributed by atoms with Crippen molar-refractivity contribution in [2.75, 3.05) is 11.5 Å². The van der Waals surface area contributed by atoms with Gasteiger partial charge in [-0.25, -0.2) is 4.39 Å². The first-order valence-electron chi connectivity index (χ1n) is 5.54. The van der Waals surface area contributed by atoms with Crippen molar-refractivity contribution in [1.82, 2.24) is 0 Å². The number of thioether (sulfide) groups is 2. The summed E-state index contributed by atoms with van der Waals surface area (Å²) >= 11 is 3.46. The van der Waals surface area contributed by atoms with E-state index in [-0.39, 0.29) is 5.82 Å². The van der Waals surface area contributed by atoms with Gasteiger partial charge in [0.15, 0.2) is 0 Å². The molecule has 1 N–H and O–H groups in total. The molecule has 94 valence electrons. The van der Waals surface area contributed by atoms with Crippen LogP contribution in [-0.4, -0.2) is 16.6 Å². The summed E-state index contributed by atoms with van der Waals surface area (Å²) in [7, 11) is 0. The maximum Gasteiger partial charge on any atom is 0.123 e. The number of hydrogen-bond donors (Lipinski definition) is 1. The van der Waals surface area contributed by atoms with E-state index in [9.17, 15) is 4.39 Å². The first kappa shape index (κ1) is 13.3. The van der Waals surface area contributed by atoms with E-state index in [1.165, 1.54) is 12.1 Å². The molecule has 2 aromatic rings. The van der Waals surface area contributed by atoms with Gasteiger partial charge in [0.25, 0.3) is 0 Å². The molecule has 4 heteroatoms. The van der Waals surface area contributed by atoms with Crippen molar-refractivity contribution in [3.05, 3.63) is 54.3 Å². The number of benzene rings is 2. The molecule has 0 aliphatic rings. The quantitative estimate of drug-likeness (QED) is 0.647. The summed E-state index contributed by atoms with van der Waals surface area (Å²) in [5.41, 5.74) is 0. The summed E-state index contributed by atoms with van der Waals surface area (Å²) in [6, 6.07) is 13.7. The van der Waals surface area contributed by atoms with Gasteiger partial charge in [-0.2, -0.15) is 0 Å². The van der Waals surface area contributed by atoms with Gasteiger partial charge in [-0.05, 0) is 48.5 Å². The molecule has 0 saturated carbocycles. The van der Waals surface area contributed by atoms with E-state index in [1.54, 1.807) is 47.8 Å². The van der Waals surface area contributed by atoms with Crippen LogP contribution in [0.2, 0.25) is 0 Å². The molecule has 0 atom stereocenters. The van der Waals surface area contributed by atoms with Crippen LogP contribution in [0.3, 0.4) is 0 Å². The molecular formula is C14H13FOS2. The third-order valence-corrected chi connectivity index (χ3v) is 4.56. The summed E-state index contributed by atoms with van der Waals surface area (Å²) in [4.78, 5) is 2.23. The Morgan fingerprint density at radius 2 is 1.22 bits per heavy atom. The fourth-order valence-corrected chi connectivity index (χ4v) is 3.19. The minimum atomic E-state index is -0.196. The SMILES string of the molecule is Oc1ccc(SCCSc2ccc(F)cc2)cc1. The van der Waals surface area contributed by atoms with E-state index in [4.69, 9.17) is 5.11 Å². The smallest absolute Gasteiger partial charge is 0.123 e. The lowest BCUT2D eigenvalue weighted by Gasteiger charge is -2.02. The molecule has 0 spiro atoms. The van der Waals surface area contributed by atoms with Crippen LogP contribution in [-0.2, 0) is 0 Å². The predicted molar refractivity (Wildman–Crippen MR) is 76.0 cm³/mol. The summed E-state index contributed by atoms with van der Waals surface area (Å²) < 4.78 is 12.7. The van der Waals surface area contributed by atoms with Crippen LogP contribution in [0.5, 0.6) is 5.75 Å². The summed E-state index contributed by atoms with van der Waals surface area (Å²) in [6.45, 7) is 0. The maximum absolute atomic E-state index is 12.7. The summed E-state index contributed by atoms with van der Waals surface area (Å²) in [6.07, 6.45) is 0. The molecule has 0 saturated heterocycles. The van der Waals surface area contributed by atoms with Crippen LogP contribution in [0.15, 0.2) is 58.3 Å². The molecule has 0 amide bonds. The summed E-state index contributed by atoms with van der Waals surface area (Å²) in [5, 5.41) is 9.16. The lowest BCUT2D eigenvalue weighted by Crippen LogP contribution is -1.84. The first-order chi connectivity index (χ1) is 8.74. The summed E-state index contributed by atoms with van der Waals surface area (Å²) in [5.74, 6) is 2.04. The van der Waals surface area contributed by atoms with E-state index in [2.05, 4.69) is 0 Å². The van der Waals surface area contributed by atoms with Crippen molar-refractivity contribution in [2.45, 2.75) is 9.79 Å². The molecule has 2 rings (SSSR count). The van der Waals surface area contributed by atoms with Gasteiger partial charge in [-0.15, -0.1) is 23.5 Å². The molecule has 0 aromatic heterocycles. The predicted octanol–water partition coefficient (Wildman–Crippen LogP) is 4.42. The minimum Gasteiger partial charge on any atom is -0.508 e. The van der Waals surface area contributed by atoms with Gasteiger partial charge in [0.05, 0.1) is 0 Å². The van der Waals surface area contributed by atoms with Crippen LogP contribution in [0.1, 0.15) is 0 Å². The Morgan fingerprint density at radius 3 is 1.72 bits per heavy atom. The number of aromatic hydroxyl groups is 1. The number of rotatable bonds is 5. The highest BCUT2D eigenvalue weighted by Gasteiger charge is 1.97. The minimum absolute atomic E-state index is 0.196. The Labute approximate surface area is 114 Å². The van der Waals surface area contributed by atoms with Crippen molar-refractivity contribution in [3.63, 3.8) is 0 Å². The molecule has 0 aliphatic heterocycles. The molecular weight excluding hydrogens is 267 g/mol. The molecule has 0 heterocycles. The second-order valence-corrected chi connectivity index (χ2v) is 5.98. The molecule has 1 nitrogen and oxygen atoms in total. The van der Waals surface area contributed by atoms with Gasteiger partial charge in [0, 0.05) is 21.3 Å². The molecule has 0 bridgehead atoms. The number of phenols is 1. The maximum atomic E-state index is 12.7. The Morgan fingerprint density at radius 1 is 0.778 bits per heavy atom. The highest BCUT2D eigenvalue weighted by Crippen LogP contribution is 2.24. The molecule has 2 aromatic carbocycles. The number of hydrogen-bond acceptors (Lipinski definition) is 3. The van der Waals surface area contributed by atoms with E-state index >= 15 is 0 Å². The lowest BCUT2D eigenvalue weighted by atomic mass is 10.3. The monoisotopic (exact) mass is 280 g/mol. The van der Waals surface area contributed by atoms with Crippen molar-refractivity contribution < 1.29 is 9.50 Å². The third kappa shape index (κ3) is 4.27. The van der Waals surface area contributed by atoms with E-state index in [0.29, 0.717) is 5.75 Å². The fraction of sp³-hybridized carbons (Fsp3) is 0.143. The standard InChI is InChI=1S/C14H13FOS2/c15-11-1-5-13(6-2-11)17-9-10-18-14-7-3-12(16)4-8-14/h1-8,16H,9-10H2. The Hall–Kier alpha value is -1.13. The highest BCUT2D eigenvalue weighted by atomic mass is 32.2. The van der Waals surface area contributed by atoms with Gasteiger partial charge >= 0.3 is 0 Å². The van der Waals surface area contributed by atoms with E-state index in [0.717, 1.165) is 21.3 Å². The molecule has 0 fully saturated rings. The second-order valence-electron chi connectivity index (χ2n) is 3.64. The molecule has 0 aliphatic carbocycles. The Bertz CT molecular complexity index is 435. The van der Waals surface area contributed by atoms with Gasteiger partial charge in [-0.3, -0.25) is 0 Å². The van der Waals surface area contributed by atoms with Crippen molar-refractivity contribution in [1.29, 1.82) is 0 Å². The van der Waals surface area contributed by atoms with E-state index < -0.39 is 0 Å². The highest BCUT2D eigenvalue weighted by molar-refractivity contribution is 8.03. The molecule has 0 radical (unpaired) electrons. The zero-order valence-electron chi connectivity index (χ0n) is 9.67. The number of phenolic OH excluding ortho intramolecular Hbond substituents is 1. The fourth-order valence-electron chi connectivity index (χ4n) is 1.39. The van der Waals surface area contributed by atoms with Crippen LogP contribution >= 0.6 is 23.5 Å². The van der Waals surface area contributed by atoms with Gasteiger partial charge in [-0.1, -0.05) is 0 Å². The largest absolute Gasteiger partial charge is 0.508 e. The van der Waals surface area contributed by atoms with Crippen LogP contribution in [0, 0.1) is 5.82 Å². The van der Waals surface area contributed by atoms with Crippen molar-refractivity contribution in [3.8, 4) is 5.75 Å². The Kier molecular flexibility index (Phi) is 4.96. The average Bonchev–Trinajstić information content (AvgIpc) is 2.39. The van der Waals surface area contributed by atoms with Crippen molar-refractivity contribution >= 4 is 23.5 Å². The van der Waals surface area contributed by atoms with Crippen molar-refractivity contribution in [2.24, 2.45) is 0 Å². The normalized spacial score (nSPS) is 10.5. The third-order valence-electron chi connectivity index (χ3n) is 2.27. The molecule has 18 heavy (non-hydrogen) atoms. The van der Waals surface area contributed by atoms with Crippen LogP contribution in [0.25, 0.3) is 0 Å². The van der Waals surface area contributed by atoms with Gasteiger partial charge in [0.2, 0.25) is 0 Å². The van der Waals surface area contributed by atoms with E-state index in [1.807, 2.05) is 12.1 Å².